The first-order chi connectivity index (χ1) is 10.7. The van der Waals surface area contributed by atoms with Crippen LogP contribution in [0.5, 0.6) is 5.75 Å². The van der Waals surface area contributed by atoms with Gasteiger partial charge in [-0.25, -0.2) is 0 Å². The van der Waals surface area contributed by atoms with E-state index in [1.165, 1.54) is 11.1 Å². The Bertz CT molecular complexity index is 566. The van der Waals surface area contributed by atoms with E-state index in [2.05, 4.69) is 30.4 Å². The monoisotopic (exact) mass is 299 g/mol. The fourth-order valence-electron chi connectivity index (χ4n) is 2.48. The van der Waals surface area contributed by atoms with Gasteiger partial charge in [0.2, 0.25) is 0 Å². The first kappa shape index (κ1) is 16.5. The molecule has 118 valence electrons. The van der Waals surface area contributed by atoms with E-state index in [1.807, 2.05) is 37.3 Å². The molecule has 0 aliphatic heterocycles. The van der Waals surface area contributed by atoms with Crippen LogP contribution < -0.4 is 10.1 Å². The summed E-state index contributed by atoms with van der Waals surface area (Å²) in [6, 6.07) is 16.5. The van der Waals surface area contributed by atoms with Crippen molar-refractivity contribution in [3.05, 3.63) is 65.2 Å². The molecule has 1 unspecified atom stereocenters. The van der Waals surface area contributed by atoms with Crippen molar-refractivity contribution >= 4 is 0 Å². The van der Waals surface area contributed by atoms with Gasteiger partial charge in [0, 0.05) is 11.6 Å². The van der Waals surface area contributed by atoms with Crippen molar-refractivity contribution in [2.75, 3.05) is 13.2 Å². The van der Waals surface area contributed by atoms with Crippen LogP contribution in [0.4, 0.5) is 0 Å². The van der Waals surface area contributed by atoms with Crippen LogP contribution in [-0.2, 0) is 13.0 Å². The summed E-state index contributed by atoms with van der Waals surface area (Å²) >= 11 is 0. The van der Waals surface area contributed by atoms with Crippen LogP contribution in [0.15, 0.2) is 48.5 Å². The zero-order valence-corrected chi connectivity index (χ0v) is 13.4. The Labute approximate surface area is 133 Å². The summed E-state index contributed by atoms with van der Waals surface area (Å²) < 4.78 is 5.68. The Morgan fingerprint density at radius 3 is 2.41 bits per heavy atom. The van der Waals surface area contributed by atoms with Gasteiger partial charge in [-0.3, -0.25) is 0 Å². The van der Waals surface area contributed by atoms with E-state index < -0.39 is 0 Å². The van der Waals surface area contributed by atoms with Gasteiger partial charge in [-0.1, -0.05) is 42.5 Å². The van der Waals surface area contributed by atoms with Gasteiger partial charge in [0.15, 0.2) is 0 Å². The van der Waals surface area contributed by atoms with Crippen molar-refractivity contribution in [1.29, 1.82) is 0 Å². The summed E-state index contributed by atoms with van der Waals surface area (Å²) in [5.41, 5.74) is 3.42. The van der Waals surface area contributed by atoms with E-state index >= 15 is 0 Å². The highest BCUT2D eigenvalue weighted by molar-refractivity contribution is 5.35. The van der Waals surface area contributed by atoms with Crippen molar-refractivity contribution < 1.29 is 9.84 Å². The first-order valence-electron chi connectivity index (χ1n) is 7.88. The van der Waals surface area contributed by atoms with Gasteiger partial charge in [0.1, 0.15) is 5.75 Å². The molecule has 0 spiro atoms. The van der Waals surface area contributed by atoms with Crippen molar-refractivity contribution in [3.63, 3.8) is 0 Å². The largest absolute Gasteiger partial charge is 0.494 e. The van der Waals surface area contributed by atoms with E-state index in [1.54, 1.807) is 0 Å². The fraction of sp³-hybridized carbons (Fsp3) is 0.368. The van der Waals surface area contributed by atoms with Gasteiger partial charge >= 0.3 is 0 Å². The van der Waals surface area contributed by atoms with Crippen LogP contribution in [0.1, 0.15) is 36.6 Å². The van der Waals surface area contributed by atoms with Gasteiger partial charge in [-0.05, 0) is 44.0 Å². The maximum atomic E-state index is 9.05. The van der Waals surface area contributed by atoms with E-state index in [4.69, 9.17) is 9.84 Å². The lowest BCUT2D eigenvalue weighted by Crippen LogP contribution is -2.22. The number of hydrogen-bond acceptors (Lipinski definition) is 3. The summed E-state index contributed by atoms with van der Waals surface area (Å²) in [7, 11) is 0. The first-order valence-corrected chi connectivity index (χ1v) is 7.88. The Hall–Kier alpha value is -1.84. The minimum absolute atomic E-state index is 0.101. The minimum atomic E-state index is 0.101. The molecule has 3 heteroatoms. The highest BCUT2D eigenvalue weighted by Gasteiger charge is 2.10. The molecule has 2 aromatic carbocycles. The lowest BCUT2D eigenvalue weighted by atomic mass is 10.1. The standard InChI is InChI=1S/C19H25NO2/c1-3-22-19-7-5-4-6-18(19)15(2)20-13-12-16-8-10-17(14-21)11-9-16/h4-11,15,20-21H,3,12-14H2,1-2H3. The van der Waals surface area contributed by atoms with E-state index in [-0.39, 0.29) is 12.6 Å². The van der Waals surface area contributed by atoms with Crippen molar-refractivity contribution in [1.82, 2.24) is 5.32 Å². The van der Waals surface area contributed by atoms with Crippen molar-refractivity contribution in [2.45, 2.75) is 32.9 Å². The quantitative estimate of drug-likeness (QED) is 0.784. The topological polar surface area (TPSA) is 41.5 Å². The number of nitrogens with one attached hydrogen (secondary N) is 1. The molecule has 0 bridgehead atoms. The highest BCUT2D eigenvalue weighted by Crippen LogP contribution is 2.24. The normalized spacial score (nSPS) is 12.1. The van der Waals surface area contributed by atoms with Gasteiger partial charge in [-0.15, -0.1) is 0 Å². The molecule has 0 saturated heterocycles. The van der Waals surface area contributed by atoms with Crippen LogP contribution in [0, 0.1) is 0 Å². The molecule has 0 fully saturated rings. The predicted octanol–water partition coefficient (Wildman–Crippen LogP) is 3.47. The Morgan fingerprint density at radius 1 is 1.05 bits per heavy atom. The summed E-state index contributed by atoms with van der Waals surface area (Å²) in [4.78, 5) is 0. The molecule has 3 nitrogen and oxygen atoms in total. The Morgan fingerprint density at radius 2 is 1.73 bits per heavy atom. The second-order valence-corrected chi connectivity index (χ2v) is 5.37. The molecule has 0 saturated carbocycles. The number of para-hydroxylation sites is 1. The zero-order chi connectivity index (χ0) is 15.8. The fourth-order valence-corrected chi connectivity index (χ4v) is 2.48. The summed E-state index contributed by atoms with van der Waals surface area (Å²) in [5, 5.41) is 12.6. The Kier molecular flexibility index (Phi) is 6.44. The molecule has 0 aromatic heterocycles. The lowest BCUT2D eigenvalue weighted by molar-refractivity contribution is 0.282. The van der Waals surface area contributed by atoms with Crippen LogP contribution >= 0.6 is 0 Å². The number of hydrogen-bond donors (Lipinski definition) is 2. The maximum Gasteiger partial charge on any atom is 0.124 e. The molecule has 2 N–H and O–H groups in total. The molecular weight excluding hydrogens is 274 g/mol. The third-order valence-corrected chi connectivity index (χ3v) is 3.76. The molecule has 0 amide bonds. The number of rotatable bonds is 8. The molecule has 1 atom stereocenters. The summed E-state index contributed by atoms with van der Waals surface area (Å²) in [5.74, 6) is 0.956. The van der Waals surface area contributed by atoms with Crippen LogP contribution in [0.2, 0.25) is 0 Å². The Balaban J connectivity index is 1.88. The highest BCUT2D eigenvalue weighted by atomic mass is 16.5. The zero-order valence-electron chi connectivity index (χ0n) is 13.4. The van der Waals surface area contributed by atoms with Gasteiger partial charge < -0.3 is 15.2 Å². The molecule has 0 aliphatic rings. The average Bonchev–Trinajstić information content (AvgIpc) is 2.56. The van der Waals surface area contributed by atoms with Crippen molar-refractivity contribution in [2.24, 2.45) is 0 Å². The molecular formula is C19H25NO2. The molecule has 0 radical (unpaired) electrons. The van der Waals surface area contributed by atoms with Crippen molar-refractivity contribution in [3.8, 4) is 5.75 Å². The minimum Gasteiger partial charge on any atom is -0.494 e. The van der Waals surface area contributed by atoms with Gasteiger partial charge in [-0.2, -0.15) is 0 Å². The SMILES string of the molecule is CCOc1ccccc1C(C)NCCc1ccc(CO)cc1. The number of ether oxygens (including phenoxy) is 1. The third kappa shape index (κ3) is 4.58. The van der Waals surface area contributed by atoms with E-state index in [9.17, 15) is 0 Å². The number of benzene rings is 2. The maximum absolute atomic E-state index is 9.05. The predicted molar refractivity (Wildman–Crippen MR) is 90.1 cm³/mol. The molecule has 2 rings (SSSR count). The molecule has 0 heterocycles. The molecule has 2 aromatic rings. The van der Waals surface area contributed by atoms with Gasteiger partial charge in [0.25, 0.3) is 0 Å². The number of aliphatic hydroxyl groups excluding tert-OH is 1. The van der Waals surface area contributed by atoms with Crippen LogP contribution in [0.25, 0.3) is 0 Å². The smallest absolute Gasteiger partial charge is 0.124 e. The average molecular weight is 299 g/mol. The van der Waals surface area contributed by atoms with Crippen LogP contribution in [0.3, 0.4) is 0 Å². The number of aliphatic hydroxyl groups is 1. The molecule has 22 heavy (non-hydrogen) atoms. The van der Waals surface area contributed by atoms with E-state index in [0.29, 0.717) is 6.61 Å². The lowest BCUT2D eigenvalue weighted by Gasteiger charge is -2.18. The van der Waals surface area contributed by atoms with Gasteiger partial charge in [0.05, 0.1) is 13.2 Å². The van der Waals surface area contributed by atoms with E-state index in [0.717, 1.165) is 24.3 Å². The second-order valence-electron chi connectivity index (χ2n) is 5.37. The summed E-state index contributed by atoms with van der Waals surface area (Å²) in [6.07, 6.45) is 0.965. The van der Waals surface area contributed by atoms with Crippen LogP contribution in [-0.4, -0.2) is 18.3 Å². The second kappa shape index (κ2) is 8.57. The summed E-state index contributed by atoms with van der Waals surface area (Å²) in [6.45, 7) is 5.85. The third-order valence-electron chi connectivity index (χ3n) is 3.76. The molecule has 0 aliphatic carbocycles.